The van der Waals surface area contributed by atoms with Crippen molar-refractivity contribution in [3.05, 3.63) is 34.9 Å². The zero-order chi connectivity index (χ0) is 17.7. The highest BCUT2D eigenvalue weighted by Gasteiger charge is 2.43. The van der Waals surface area contributed by atoms with Gasteiger partial charge in [-0.2, -0.15) is 0 Å². The van der Waals surface area contributed by atoms with E-state index in [0.717, 1.165) is 18.4 Å². The highest BCUT2D eigenvalue weighted by molar-refractivity contribution is 6.31. The second kappa shape index (κ2) is 7.79. The van der Waals surface area contributed by atoms with Crippen LogP contribution in [0.2, 0.25) is 5.02 Å². The maximum Gasteiger partial charge on any atom is 0.303 e. The van der Waals surface area contributed by atoms with E-state index in [4.69, 9.17) is 16.3 Å². The largest absolute Gasteiger partial charge is 0.453 e. The van der Waals surface area contributed by atoms with Crippen molar-refractivity contribution < 1.29 is 19.1 Å². The lowest BCUT2D eigenvalue weighted by Crippen LogP contribution is -2.50. The Kier molecular flexibility index (Phi) is 5.99. The van der Waals surface area contributed by atoms with Gasteiger partial charge in [-0.15, -0.1) is 0 Å². The first-order valence-corrected chi connectivity index (χ1v) is 8.48. The Balaban J connectivity index is 2.22. The van der Waals surface area contributed by atoms with Crippen molar-refractivity contribution >= 4 is 29.3 Å². The van der Waals surface area contributed by atoms with Gasteiger partial charge in [0.1, 0.15) is 5.78 Å². The molecule has 0 heterocycles. The van der Waals surface area contributed by atoms with Crippen LogP contribution in [0, 0.1) is 0 Å². The van der Waals surface area contributed by atoms with Gasteiger partial charge in [0, 0.05) is 24.9 Å². The summed E-state index contributed by atoms with van der Waals surface area (Å²) in [4.78, 5) is 35.9. The predicted molar refractivity (Wildman–Crippen MR) is 90.8 cm³/mol. The Morgan fingerprint density at radius 3 is 2.67 bits per heavy atom. The maximum atomic E-state index is 12.7. The minimum absolute atomic E-state index is 0.0855. The lowest BCUT2D eigenvalue weighted by Gasteiger charge is -2.37. The van der Waals surface area contributed by atoms with Crippen LogP contribution in [0.4, 0.5) is 0 Å². The minimum Gasteiger partial charge on any atom is -0.453 e. The molecule has 0 radical (unpaired) electrons. The normalized spacial score (nSPS) is 21.9. The van der Waals surface area contributed by atoms with Crippen molar-refractivity contribution in [2.24, 2.45) is 0 Å². The smallest absolute Gasteiger partial charge is 0.303 e. The molecule has 6 heteroatoms. The quantitative estimate of drug-likeness (QED) is 0.828. The molecule has 1 N–H and O–H groups in total. The number of carbonyl (C=O) groups is 3. The van der Waals surface area contributed by atoms with Gasteiger partial charge < -0.3 is 10.1 Å². The topological polar surface area (TPSA) is 72.5 Å². The van der Waals surface area contributed by atoms with E-state index in [2.05, 4.69) is 5.32 Å². The number of Topliss-reactive ketones (excluding diaryl/α,β-unsaturated/α-hetero) is 1. The highest BCUT2D eigenvalue weighted by atomic mass is 35.5. The second-order valence-electron chi connectivity index (χ2n) is 6.16. The van der Waals surface area contributed by atoms with Gasteiger partial charge in [0.05, 0.1) is 5.41 Å². The zero-order valence-electron chi connectivity index (χ0n) is 13.9. The van der Waals surface area contributed by atoms with Crippen molar-refractivity contribution in [1.29, 1.82) is 0 Å². The number of hydrogen-bond donors (Lipinski definition) is 1. The van der Waals surface area contributed by atoms with Crippen molar-refractivity contribution in [3.8, 4) is 0 Å². The van der Waals surface area contributed by atoms with Crippen LogP contribution in [0.25, 0.3) is 0 Å². The van der Waals surface area contributed by atoms with Crippen LogP contribution in [0.3, 0.4) is 0 Å². The third-order valence-corrected chi connectivity index (χ3v) is 4.79. The molecular formula is C18H22ClNO4. The minimum atomic E-state index is -0.899. The Morgan fingerprint density at radius 1 is 1.33 bits per heavy atom. The number of amides is 1. The molecule has 1 aromatic rings. The molecule has 1 aliphatic carbocycles. The van der Waals surface area contributed by atoms with E-state index in [1.54, 1.807) is 6.07 Å². The summed E-state index contributed by atoms with van der Waals surface area (Å²) in [5, 5.41) is 3.28. The van der Waals surface area contributed by atoms with E-state index in [0.29, 0.717) is 17.9 Å². The fourth-order valence-electron chi connectivity index (χ4n) is 3.19. The first kappa shape index (κ1) is 18.5. The molecule has 2 rings (SSSR count). The molecule has 1 aromatic carbocycles. The fraction of sp³-hybridized carbons (Fsp3) is 0.500. The van der Waals surface area contributed by atoms with E-state index in [-0.39, 0.29) is 12.3 Å². The van der Waals surface area contributed by atoms with E-state index in [1.807, 2.05) is 18.2 Å². The molecule has 1 saturated carbocycles. The molecule has 24 heavy (non-hydrogen) atoms. The molecule has 0 bridgehead atoms. The van der Waals surface area contributed by atoms with Gasteiger partial charge in [-0.05, 0) is 31.4 Å². The summed E-state index contributed by atoms with van der Waals surface area (Å²) < 4.78 is 4.88. The molecular weight excluding hydrogens is 330 g/mol. The number of halogens is 1. The number of benzene rings is 1. The van der Waals surface area contributed by atoms with Gasteiger partial charge in [-0.3, -0.25) is 14.4 Å². The average Bonchev–Trinajstić information content (AvgIpc) is 2.54. The summed E-state index contributed by atoms with van der Waals surface area (Å²) in [7, 11) is 0. The highest BCUT2D eigenvalue weighted by Crippen LogP contribution is 2.39. The monoisotopic (exact) mass is 351 g/mol. The van der Waals surface area contributed by atoms with Crippen molar-refractivity contribution in [1.82, 2.24) is 5.32 Å². The summed E-state index contributed by atoms with van der Waals surface area (Å²) in [6.45, 7) is 2.90. The van der Waals surface area contributed by atoms with Gasteiger partial charge in [0.2, 0.25) is 0 Å². The van der Waals surface area contributed by atoms with Crippen LogP contribution < -0.4 is 5.32 Å². The molecule has 1 fully saturated rings. The Hall–Kier alpha value is -1.88. The molecule has 130 valence electrons. The Labute approximate surface area is 146 Å². The molecule has 0 spiro atoms. The lowest BCUT2D eigenvalue weighted by molar-refractivity contribution is -0.152. The number of nitrogens with one attached hydrogen (secondary N) is 1. The summed E-state index contributed by atoms with van der Waals surface area (Å²) in [5.41, 5.74) is -0.0702. The van der Waals surface area contributed by atoms with Crippen LogP contribution in [-0.2, 0) is 24.5 Å². The first-order chi connectivity index (χ1) is 11.4. The van der Waals surface area contributed by atoms with Crippen LogP contribution in [0.15, 0.2) is 24.3 Å². The maximum absolute atomic E-state index is 12.7. The number of hydrogen-bond acceptors (Lipinski definition) is 4. The zero-order valence-corrected chi connectivity index (χ0v) is 14.7. The molecule has 1 amide bonds. The standard InChI is InChI=1S/C18H22ClNO4/c1-12(24-13(2)21)17(23)20-11-18(10-6-5-9-16(18)22)14-7-3-4-8-15(14)19/h3-4,7-8,12H,5-6,9-11H2,1-2H3,(H,20,23)/t12-,18+/m0/s1. The number of ether oxygens (including phenoxy) is 1. The number of ketones is 1. The van der Waals surface area contributed by atoms with Crippen LogP contribution >= 0.6 is 11.6 Å². The Morgan fingerprint density at radius 2 is 2.04 bits per heavy atom. The SMILES string of the molecule is CC(=O)O[C@@H](C)C(=O)NC[C@@]1(c2ccccc2Cl)CCCCC1=O. The average molecular weight is 352 g/mol. The third-order valence-electron chi connectivity index (χ3n) is 4.46. The predicted octanol–water partition coefficient (Wildman–Crippen LogP) is 2.79. The van der Waals surface area contributed by atoms with Gasteiger partial charge >= 0.3 is 5.97 Å². The molecule has 2 atom stereocenters. The molecule has 0 saturated heterocycles. The third kappa shape index (κ3) is 3.96. The van der Waals surface area contributed by atoms with Crippen LogP contribution in [-0.4, -0.2) is 30.3 Å². The summed E-state index contributed by atoms with van der Waals surface area (Å²) in [6.07, 6.45) is 1.96. The van der Waals surface area contributed by atoms with Crippen molar-refractivity contribution in [2.75, 3.05) is 6.54 Å². The van der Waals surface area contributed by atoms with Gasteiger partial charge in [0.15, 0.2) is 6.10 Å². The molecule has 0 aromatic heterocycles. The van der Waals surface area contributed by atoms with E-state index < -0.39 is 23.4 Å². The van der Waals surface area contributed by atoms with Crippen molar-refractivity contribution in [2.45, 2.75) is 51.0 Å². The van der Waals surface area contributed by atoms with Gasteiger partial charge in [-0.25, -0.2) is 0 Å². The number of esters is 1. The number of carbonyl (C=O) groups excluding carboxylic acids is 3. The Bertz CT molecular complexity index is 646. The molecule has 5 nitrogen and oxygen atoms in total. The van der Waals surface area contributed by atoms with Crippen molar-refractivity contribution in [3.63, 3.8) is 0 Å². The van der Waals surface area contributed by atoms with E-state index >= 15 is 0 Å². The second-order valence-corrected chi connectivity index (χ2v) is 6.57. The fourth-order valence-corrected chi connectivity index (χ4v) is 3.51. The summed E-state index contributed by atoms with van der Waals surface area (Å²) in [6, 6.07) is 7.25. The summed E-state index contributed by atoms with van der Waals surface area (Å²) >= 11 is 6.32. The van der Waals surface area contributed by atoms with Crippen LogP contribution in [0.1, 0.15) is 45.1 Å². The van der Waals surface area contributed by atoms with Gasteiger partial charge in [0.25, 0.3) is 5.91 Å². The first-order valence-electron chi connectivity index (χ1n) is 8.10. The van der Waals surface area contributed by atoms with E-state index in [9.17, 15) is 14.4 Å². The lowest BCUT2D eigenvalue weighted by atomic mass is 9.68. The molecule has 0 aliphatic heterocycles. The van der Waals surface area contributed by atoms with Gasteiger partial charge in [-0.1, -0.05) is 36.2 Å². The summed E-state index contributed by atoms with van der Waals surface area (Å²) in [5.74, 6) is -0.857. The number of rotatable bonds is 5. The van der Waals surface area contributed by atoms with Crippen LogP contribution in [0.5, 0.6) is 0 Å². The van der Waals surface area contributed by atoms with E-state index in [1.165, 1.54) is 13.8 Å². The molecule has 0 unspecified atom stereocenters. The molecule has 1 aliphatic rings.